The van der Waals surface area contributed by atoms with Crippen molar-refractivity contribution in [3.8, 4) is 11.5 Å². The van der Waals surface area contributed by atoms with Gasteiger partial charge in [0.15, 0.2) is 0 Å². The highest BCUT2D eigenvalue weighted by Crippen LogP contribution is 2.11. The van der Waals surface area contributed by atoms with Gasteiger partial charge in [-0.05, 0) is 35.4 Å². The Kier molecular flexibility index (Phi) is 4.93. The average molecular weight is 284 g/mol. The number of rotatable bonds is 5. The lowest BCUT2D eigenvalue weighted by atomic mass is 10.1. The van der Waals surface area contributed by atoms with Crippen molar-refractivity contribution in [2.45, 2.75) is 6.42 Å². The molecule has 1 amide bonds. The highest BCUT2D eigenvalue weighted by atomic mass is 16.5. The van der Waals surface area contributed by atoms with Crippen LogP contribution < -0.4 is 10.2 Å². The molecule has 0 saturated heterocycles. The highest BCUT2D eigenvalue weighted by Gasteiger charge is 2.02. The van der Waals surface area contributed by atoms with Crippen molar-refractivity contribution in [1.82, 2.24) is 5.43 Å². The number of hydrogen-bond acceptors (Lipinski definition) is 4. The van der Waals surface area contributed by atoms with Crippen molar-refractivity contribution in [3.63, 3.8) is 0 Å². The molecule has 21 heavy (non-hydrogen) atoms. The van der Waals surface area contributed by atoms with Crippen LogP contribution in [0, 0.1) is 0 Å². The van der Waals surface area contributed by atoms with E-state index in [4.69, 9.17) is 4.74 Å². The van der Waals surface area contributed by atoms with E-state index < -0.39 is 0 Å². The number of phenolic OH excluding ortho intramolecular Hbond substituents is 1. The van der Waals surface area contributed by atoms with E-state index in [0.29, 0.717) is 5.56 Å². The largest absolute Gasteiger partial charge is 0.508 e. The Hall–Kier alpha value is -2.82. The minimum atomic E-state index is -0.212. The molecule has 0 saturated carbocycles. The summed E-state index contributed by atoms with van der Waals surface area (Å²) in [6.07, 6.45) is 1.72. The Labute approximate surface area is 122 Å². The second-order valence-electron chi connectivity index (χ2n) is 4.41. The number of carbonyl (C=O) groups excluding carboxylic acids is 1. The summed E-state index contributed by atoms with van der Waals surface area (Å²) in [6, 6.07) is 13.9. The van der Waals surface area contributed by atoms with Crippen molar-refractivity contribution in [2.24, 2.45) is 5.10 Å². The molecule has 5 heteroatoms. The average Bonchev–Trinajstić information content (AvgIpc) is 2.48. The van der Waals surface area contributed by atoms with E-state index in [0.717, 1.165) is 11.3 Å². The van der Waals surface area contributed by atoms with Crippen molar-refractivity contribution >= 4 is 12.1 Å². The van der Waals surface area contributed by atoms with Crippen LogP contribution in [0.25, 0.3) is 0 Å². The van der Waals surface area contributed by atoms with Gasteiger partial charge >= 0.3 is 0 Å². The molecule has 0 aliphatic heterocycles. The van der Waals surface area contributed by atoms with Crippen molar-refractivity contribution < 1.29 is 14.6 Å². The number of nitrogens with zero attached hydrogens (tertiary/aromatic N) is 1. The minimum absolute atomic E-state index is 0.156. The first kappa shape index (κ1) is 14.6. The van der Waals surface area contributed by atoms with Crippen LogP contribution in [0.1, 0.15) is 11.1 Å². The van der Waals surface area contributed by atoms with E-state index in [9.17, 15) is 9.90 Å². The van der Waals surface area contributed by atoms with Gasteiger partial charge in [0.25, 0.3) is 0 Å². The third-order valence-corrected chi connectivity index (χ3v) is 2.80. The van der Waals surface area contributed by atoms with E-state index in [2.05, 4.69) is 10.5 Å². The number of benzene rings is 2. The van der Waals surface area contributed by atoms with Gasteiger partial charge in [0.1, 0.15) is 11.5 Å². The number of hydrazone groups is 1. The molecule has 0 radical (unpaired) electrons. The summed E-state index contributed by atoms with van der Waals surface area (Å²) in [7, 11) is 1.60. The summed E-state index contributed by atoms with van der Waals surface area (Å²) < 4.78 is 5.05. The van der Waals surface area contributed by atoms with Gasteiger partial charge in [-0.15, -0.1) is 0 Å². The van der Waals surface area contributed by atoms with Gasteiger partial charge in [0.05, 0.1) is 19.7 Å². The number of hydrogen-bond donors (Lipinski definition) is 2. The van der Waals surface area contributed by atoms with Gasteiger partial charge in [0.2, 0.25) is 5.91 Å². The van der Waals surface area contributed by atoms with E-state index in [1.165, 1.54) is 6.21 Å². The molecule has 2 aromatic carbocycles. The van der Waals surface area contributed by atoms with Crippen molar-refractivity contribution in [2.75, 3.05) is 7.11 Å². The number of amides is 1. The molecule has 5 nitrogen and oxygen atoms in total. The molecule has 0 unspecified atom stereocenters. The van der Waals surface area contributed by atoms with Crippen molar-refractivity contribution in [3.05, 3.63) is 59.7 Å². The number of methoxy groups -OCH3 is 1. The number of ether oxygens (including phenoxy) is 1. The monoisotopic (exact) mass is 284 g/mol. The lowest BCUT2D eigenvalue weighted by Gasteiger charge is -2.02. The molecule has 0 aliphatic carbocycles. The van der Waals surface area contributed by atoms with Crippen LogP contribution in [-0.4, -0.2) is 24.3 Å². The summed E-state index contributed by atoms with van der Waals surface area (Å²) in [4.78, 5) is 11.7. The molecule has 0 bridgehead atoms. The lowest BCUT2D eigenvalue weighted by molar-refractivity contribution is -0.120. The number of phenols is 1. The summed E-state index contributed by atoms with van der Waals surface area (Å²) in [5.41, 5.74) is 4.03. The zero-order valence-corrected chi connectivity index (χ0v) is 11.6. The van der Waals surface area contributed by atoms with Crippen LogP contribution in [-0.2, 0) is 11.2 Å². The molecule has 0 aliphatic rings. The normalized spacial score (nSPS) is 10.5. The van der Waals surface area contributed by atoms with E-state index in [1.807, 2.05) is 12.1 Å². The zero-order valence-electron chi connectivity index (χ0n) is 11.6. The summed E-state index contributed by atoms with van der Waals surface area (Å²) in [6.45, 7) is 0. The summed E-state index contributed by atoms with van der Waals surface area (Å²) in [5, 5.41) is 13.2. The molecular formula is C16H16N2O3. The van der Waals surface area contributed by atoms with Crippen LogP contribution in [0.2, 0.25) is 0 Å². The fraction of sp³-hybridized carbons (Fsp3) is 0.125. The van der Waals surface area contributed by atoms with Crippen LogP contribution in [0.5, 0.6) is 11.5 Å². The first-order chi connectivity index (χ1) is 10.2. The Morgan fingerprint density at radius 2 is 2.05 bits per heavy atom. The SMILES string of the molecule is COc1ccc(CC(=O)N/N=C\c2cccc(O)c2)cc1. The van der Waals surface area contributed by atoms with Crippen LogP contribution in [0.4, 0.5) is 0 Å². The number of carbonyl (C=O) groups is 1. The molecule has 0 aromatic heterocycles. The predicted octanol–water partition coefficient (Wildman–Crippen LogP) is 2.09. The summed E-state index contributed by atoms with van der Waals surface area (Å²) in [5.74, 6) is 0.696. The van der Waals surface area contributed by atoms with Gasteiger partial charge < -0.3 is 9.84 Å². The van der Waals surface area contributed by atoms with E-state index in [1.54, 1.807) is 43.5 Å². The fourth-order valence-electron chi connectivity index (χ4n) is 1.75. The maximum atomic E-state index is 11.7. The Bertz CT molecular complexity index is 636. The Morgan fingerprint density at radius 1 is 1.29 bits per heavy atom. The third-order valence-electron chi connectivity index (χ3n) is 2.80. The van der Waals surface area contributed by atoms with Gasteiger partial charge in [-0.1, -0.05) is 24.3 Å². The fourth-order valence-corrected chi connectivity index (χ4v) is 1.75. The summed E-state index contributed by atoms with van der Waals surface area (Å²) >= 11 is 0. The molecular weight excluding hydrogens is 268 g/mol. The van der Waals surface area contributed by atoms with Crippen molar-refractivity contribution in [1.29, 1.82) is 0 Å². The smallest absolute Gasteiger partial charge is 0.244 e. The topological polar surface area (TPSA) is 70.9 Å². The van der Waals surface area contributed by atoms with Gasteiger partial charge in [0, 0.05) is 0 Å². The number of aromatic hydroxyl groups is 1. The Morgan fingerprint density at radius 3 is 2.71 bits per heavy atom. The molecule has 2 rings (SSSR count). The van der Waals surface area contributed by atoms with Gasteiger partial charge in [-0.3, -0.25) is 4.79 Å². The molecule has 0 spiro atoms. The maximum Gasteiger partial charge on any atom is 0.244 e. The quantitative estimate of drug-likeness (QED) is 0.652. The first-order valence-electron chi connectivity index (χ1n) is 6.41. The minimum Gasteiger partial charge on any atom is -0.508 e. The molecule has 108 valence electrons. The van der Waals surface area contributed by atoms with Crippen LogP contribution in [0.15, 0.2) is 53.6 Å². The molecule has 0 fully saturated rings. The molecule has 0 atom stereocenters. The molecule has 2 N–H and O–H groups in total. The van der Waals surface area contributed by atoms with Crippen LogP contribution >= 0.6 is 0 Å². The van der Waals surface area contributed by atoms with Crippen LogP contribution in [0.3, 0.4) is 0 Å². The van der Waals surface area contributed by atoms with E-state index in [-0.39, 0.29) is 18.1 Å². The van der Waals surface area contributed by atoms with Gasteiger partial charge in [-0.2, -0.15) is 5.10 Å². The second-order valence-corrected chi connectivity index (χ2v) is 4.41. The molecule has 0 heterocycles. The lowest BCUT2D eigenvalue weighted by Crippen LogP contribution is -2.19. The first-order valence-corrected chi connectivity index (χ1v) is 6.41. The standard InChI is InChI=1S/C16H16N2O3/c1-21-15-7-5-12(6-8-15)10-16(20)18-17-11-13-3-2-4-14(19)9-13/h2-9,11,19H,10H2,1H3,(H,18,20)/b17-11-. The second kappa shape index (κ2) is 7.09. The van der Waals surface area contributed by atoms with E-state index >= 15 is 0 Å². The number of nitrogens with one attached hydrogen (secondary N) is 1. The highest BCUT2D eigenvalue weighted by molar-refractivity contribution is 5.83. The third kappa shape index (κ3) is 4.65. The van der Waals surface area contributed by atoms with Gasteiger partial charge in [-0.25, -0.2) is 5.43 Å². The molecule has 2 aromatic rings. The zero-order chi connectivity index (χ0) is 15.1. The maximum absolute atomic E-state index is 11.7. The Balaban J connectivity index is 1.86. The predicted molar refractivity (Wildman–Crippen MR) is 80.5 cm³/mol.